The number of aliphatic hydroxyl groups excluding tert-OH is 1. The van der Waals surface area contributed by atoms with E-state index in [1.807, 2.05) is 26.0 Å². The van der Waals surface area contributed by atoms with E-state index in [4.69, 9.17) is 4.74 Å². The number of phenolic OH excluding ortho intramolecular Hbond substituents is 1. The molecule has 0 spiro atoms. The van der Waals surface area contributed by atoms with E-state index in [0.717, 1.165) is 25.2 Å². The Labute approximate surface area is 108 Å². The van der Waals surface area contributed by atoms with Gasteiger partial charge in [-0.1, -0.05) is 12.1 Å². The smallest absolute Gasteiger partial charge is 0.115 e. The third-order valence-electron chi connectivity index (χ3n) is 3.07. The van der Waals surface area contributed by atoms with E-state index in [0.29, 0.717) is 5.75 Å². The van der Waals surface area contributed by atoms with Crippen LogP contribution in [0, 0.1) is 0 Å². The number of morpholine rings is 1. The molecule has 0 aromatic heterocycles. The average molecular weight is 251 g/mol. The first-order chi connectivity index (χ1) is 8.48. The molecular formula is C14H21NO3. The molecule has 0 aliphatic carbocycles. The number of rotatable bonds is 3. The second kappa shape index (κ2) is 5.26. The van der Waals surface area contributed by atoms with Crippen molar-refractivity contribution in [3.63, 3.8) is 0 Å². The molecule has 0 saturated carbocycles. The third-order valence-corrected chi connectivity index (χ3v) is 3.07. The van der Waals surface area contributed by atoms with Gasteiger partial charge in [-0.15, -0.1) is 0 Å². The van der Waals surface area contributed by atoms with Crippen molar-refractivity contribution in [2.24, 2.45) is 0 Å². The second-order valence-electron chi connectivity index (χ2n) is 5.52. The average Bonchev–Trinajstić information content (AvgIpc) is 2.26. The minimum Gasteiger partial charge on any atom is -0.508 e. The van der Waals surface area contributed by atoms with Crippen LogP contribution in [-0.4, -0.2) is 46.5 Å². The summed E-state index contributed by atoms with van der Waals surface area (Å²) in [6, 6.07) is 7.29. The van der Waals surface area contributed by atoms with E-state index in [-0.39, 0.29) is 18.3 Å². The molecule has 4 heteroatoms. The Hall–Kier alpha value is -1.10. The molecule has 1 heterocycles. The molecule has 2 N–H and O–H groups in total. The van der Waals surface area contributed by atoms with Crippen LogP contribution >= 0.6 is 0 Å². The van der Waals surface area contributed by atoms with Crippen LogP contribution in [-0.2, 0) is 11.3 Å². The van der Waals surface area contributed by atoms with Gasteiger partial charge in [0.25, 0.3) is 0 Å². The Morgan fingerprint density at radius 2 is 2.22 bits per heavy atom. The highest BCUT2D eigenvalue weighted by Crippen LogP contribution is 2.23. The van der Waals surface area contributed by atoms with Crippen molar-refractivity contribution in [3.8, 4) is 5.75 Å². The summed E-state index contributed by atoms with van der Waals surface area (Å²) in [6.45, 7) is 6.40. The molecule has 18 heavy (non-hydrogen) atoms. The van der Waals surface area contributed by atoms with E-state index < -0.39 is 0 Å². The summed E-state index contributed by atoms with van der Waals surface area (Å²) in [4.78, 5) is 2.25. The van der Waals surface area contributed by atoms with Gasteiger partial charge in [-0.3, -0.25) is 4.90 Å². The minimum absolute atomic E-state index is 0.0416. The Bertz CT molecular complexity index is 406. The molecule has 1 atom stereocenters. The molecule has 0 radical (unpaired) electrons. The molecular weight excluding hydrogens is 230 g/mol. The number of hydrogen-bond donors (Lipinski definition) is 2. The van der Waals surface area contributed by atoms with E-state index in [2.05, 4.69) is 4.90 Å². The summed E-state index contributed by atoms with van der Waals surface area (Å²) in [5, 5.41) is 18.7. The predicted octanol–water partition coefficient (Wildman–Crippen LogP) is 1.36. The monoisotopic (exact) mass is 251 g/mol. The van der Waals surface area contributed by atoms with Gasteiger partial charge in [0.15, 0.2) is 0 Å². The zero-order valence-electron chi connectivity index (χ0n) is 11.0. The maximum Gasteiger partial charge on any atom is 0.115 e. The van der Waals surface area contributed by atoms with Crippen LogP contribution in [0.1, 0.15) is 19.4 Å². The van der Waals surface area contributed by atoms with Gasteiger partial charge in [-0.25, -0.2) is 0 Å². The third kappa shape index (κ3) is 3.45. The predicted molar refractivity (Wildman–Crippen MR) is 69.4 cm³/mol. The highest BCUT2D eigenvalue weighted by atomic mass is 16.5. The number of hydrogen-bond acceptors (Lipinski definition) is 4. The van der Waals surface area contributed by atoms with E-state index in [1.54, 1.807) is 12.1 Å². The first-order valence-electron chi connectivity index (χ1n) is 6.27. The van der Waals surface area contributed by atoms with Crippen LogP contribution in [0.5, 0.6) is 5.75 Å². The first-order valence-corrected chi connectivity index (χ1v) is 6.27. The lowest BCUT2D eigenvalue weighted by atomic mass is 10.0. The normalized spacial score (nSPS) is 24.1. The highest BCUT2D eigenvalue weighted by Gasteiger charge is 2.32. The Balaban J connectivity index is 2.04. The summed E-state index contributed by atoms with van der Waals surface area (Å²) < 4.78 is 5.77. The van der Waals surface area contributed by atoms with Crippen LogP contribution in [0.2, 0.25) is 0 Å². The Morgan fingerprint density at radius 1 is 1.44 bits per heavy atom. The Morgan fingerprint density at radius 3 is 2.89 bits per heavy atom. The zero-order valence-corrected chi connectivity index (χ0v) is 11.0. The topological polar surface area (TPSA) is 52.9 Å². The van der Waals surface area contributed by atoms with Crippen LogP contribution < -0.4 is 0 Å². The summed E-state index contributed by atoms with van der Waals surface area (Å²) in [5.41, 5.74) is 0.826. The largest absolute Gasteiger partial charge is 0.508 e. The zero-order chi connectivity index (χ0) is 13.2. The second-order valence-corrected chi connectivity index (χ2v) is 5.52. The number of aliphatic hydroxyl groups is 1. The number of nitrogens with zero attached hydrogens (tertiary/aromatic N) is 1. The van der Waals surface area contributed by atoms with Gasteiger partial charge >= 0.3 is 0 Å². The molecule has 1 unspecified atom stereocenters. The SMILES string of the molecule is CC1(C)CN(Cc2cccc(O)c2)CC(CO)O1. The maximum absolute atomic E-state index is 9.46. The molecule has 1 fully saturated rings. The van der Waals surface area contributed by atoms with Crippen LogP contribution in [0.25, 0.3) is 0 Å². The lowest BCUT2D eigenvalue weighted by Gasteiger charge is -2.42. The summed E-state index contributed by atoms with van der Waals surface area (Å²) in [6.07, 6.45) is -0.133. The van der Waals surface area contributed by atoms with Gasteiger partial charge in [-0.05, 0) is 31.5 Å². The van der Waals surface area contributed by atoms with Crippen LogP contribution in [0.15, 0.2) is 24.3 Å². The maximum atomic E-state index is 9.46. The number of phenols is 1. The minimum atomic E-state index is -0.248. The molecule has 1 aliphatic rings. The Kier molecular flexibility index (Phi) is 3.90. The van der Waals surface area contributed by atoms with Gasteiger partial charge < -0.3 is 14.9 Å². The molecule has 100 valence electrons. The quantitative estimate of drug-likeness (QED) is 0.852. The fourth-order valence-corrected chi connectivity index (χ4v) is 2.55. The van der Waals surface area contributed by atoms with Crippen molar-refractivity contribution in [1.82, 2.24) is 4.90 Å². The molecule has 2 rings (SSSR count). The summed E-state index contributed by atoms with van der Waals surface area (Å²) in [7, 11) is 0. The van der Waals surface area contributed by atoms with Crippen LogP contribution in [0.4, 0.5) is 0 Å². The first kappa shape index (κ1) is 13.3. The molecule has 4 nitrogen and oxygen atoms in total. The van der Waals surface area contributed by atoms with Gasteiger partial charge in [0, 0.05) is 19.6 Å². The van der Waals surface area contributed by atoms with Crippen molar-refractivity contribution in [2.75, 3.05) is 19.7 Å². The van der Waals surface area contributed by atoms with Crippen molar-refractivity contribution in [1.29, 1.82) is 0 Å². The van der Waals surface area contributed by atoms with Crippen molar-refractivity contribution >= 4 is 0 Å². The molecule has 0 bridgehead atoms. The van der Waals surface area contributed by atoms with Crippen molar-refractivity contribution in [3.05, 3.63) is 29.8 Å². The summed E-state index contributed by atoms with van der Waals surface area (Å²) in [5.74, 6) is 0.290. The summed E-state index contributed by atoms with van der Waals surface area (Å²) >= 11 is 0. The number of benzene rings is 1. The molecule has 0 amide bonds. The molecule has 1 aliphatic heterocycles. The van der Waals surface area contributed by atoms with E-state index in [9.17, 15) is 10.2 Å². The fraction of sp³-hybridized carbons (Fsp3) is 0.571. The van der Waals surface area contributed by atoms with Crippen LogP contribution in [0.3, 0.4) is 0 Å². The molecule has 1 aromatic rings. The number of aromatic hydroxyl groups is 1. The molecule has 1 aromatic carbocycles. The van der Waals surface area contributed by atoms with Gasteiger partial charge in [0.1, 0.15) is 5.75 Å². The highest BCUT2D eigenvalue weighted by molar-refractivity contribution is 5.27. The lowest BCUT2D eigenvalue weighted by molar-refractivity contribution is -0.150. The molecule has 1 saturated heterocycles. The van der Waals surface area contributed by atoms with Crippen molar-refractivity contribution in [2.45, 2.75) is 32.1 Å². The van der Waals surface area contributed by atoms with Gasteiger partial charge in [0.2, 0.25) is 0 Å². The van der Waals surface area contributed by atoms with E-state index >= 15 is 0 Å². The van der Waals surface area contributed by atoms with Crippen molar-refractivity contribution < 1.29 is 14.9 Å². The standard InChI is InChI=1S/C14H21NO3/c1-14(2)10-15(8-13(9-16)18-14)7-11-4-3-5-12(17)6-11/h3-6,13,16-17H,7-10H2,1-2H3. The van der Waals surface area contributed by atoms with Gasteiger partial charge in [-0.2, -0.15) is 0 Å². The lowest BCUT2D eigenvalue weighted by Crippen LogP contribution is -2.53. The van der Waals surface area contributed by atoms with Gasteiger partial charge in [0.05, 0.1) is 18.3 Å². The number of ether oxygens (including phenoxy) is 1. The fourth-order valence-electron chi connectivity index (χ4n) is 2.55. The van der Waals surface area contributed by atoms with E-state index in [1.165, 1.54) is 0 Å².